The number of nitrogens with two attached hydrogens (primary N) is 1. The summed E-state index contributed by atoms with van der Waals surface area (Å²) in [5.41, 5.74) is 4.91. The molecule has 1 saturated carbocycles. The van der Waals surface area contributed by atoms with Gasteiger partial charge in [0, 0.05) is 6.04 Å². The molecular weight excluding hydrogens is 393 g/mol. The summed E-state index contributed by atoms with van der Waals surface area (Å²) in [6.07, 6.45) is 2.28. The molecule has 10 heteroatoms. The fourth-order valence-corrected chi connectivity index (χ4v) is 4.39. The van der Waals surface area contributed by atoms with Gasteiger partial charge in [-0.3, -0.25) is 9.59 Å². The molecule has 0 saturated heterocycles. The minimum Gasteiger partial charge on any atom is -0.468 e. The number of amides is 1. The Hall–Kier alpha value is -1.19. The molecule has 2 heterocycles. The first-order valence-electron chi connectivity index (χ1n) is 6.81. The Balaban J connectivity index is 0.00000208. The van der Waals surface area contributed by atoms with Crippen LogP contribution in [0.25, 0.3) is 9.88 Å². The van der Waals surface area contributed by atoms with E-state index in [4.69, 9.17) is 17.3 Å². The molecule has 0 radical (unpaired) electrons. The van der Waals surface area contributed by atoms with Crippen molar-refractivity contribution in [3.05, 3.63) is 27.5 Å². The van der Waals surface area contributed by atoms with Crippen LogP contribution in [0.15, 0.2) is 18.3 Å². The highest BCUT2D eigenvalue weighted by atomic mass is 35.5. The van der Waals surface area contributed by atoms with E-state index in [1.807, 2.05) is 6.07 Å². The van der Waals surface area contributed by atoms with Crippen molar-refractivity contribution >= 4 is 58.6 Å². The SMILES string of the molecule is COC(=O)C1(N)CC(NC(=O)c2cnc(-c3ccc(Cl)s3)s2)C1.Cl. The molecule has 6 nitrogen and oxygen atoms in total. The van der Waals surface area contributed by atoms with Gasteiger partial charge in [-0.2, -0.15) is 0 Å². The summed E-state index contributed by atoms with van der Waals surface area (Å²) in [6.45, 7) is 0. The first-order valence-corrected chi connectivity index (χ1v) is 8.82. The molecule has 3 rings (SSSR count). The van der Waals surface area contributed by atoms with E-state index in [2.05, 4.69) is 15.0 Å². The Morgan fingerprint density at radius 2 is 2.12 bits per heavy atom. The summed E-state index contributed by atoms with van der Waals surface area (Å²) < 4.78 is 5.33. The van der Waals surface area contributed by atoms with Gasteiger partial charge in [0.2, 0.25) is 0 Å². The summed E-state index contributed by atoms with van der Waals surface area (Å²) in [6, 6.07) is 3.54. The van der Waals surface area contributed by atoms with Crippen LogP contribution in [0.3, 0.4) is 0 Å². The molecule has 1 amide bonds. The van der Waals surface area contributed by atoms with Crippen molar-refractivity contribution in [1.82, 2.24) is 10.3 Å². The molecule has 3 N–H and O–H groups in total. The number of ether oxygens (including phenoxy) is 1. The van der Waals surface area contributed by atoms with Gasteiger partial charge in [-0.15, -0.1) is 35.1 Å². The summed E-state index contributed by atoms with van der Waals surface area (Å²) in [5.74, 6) is -0.661. The molecule has 24 heavy (non-hydrogen) atoms. The number of rotatable bonds is 4. The number of nitrogens with zero attached hydrogens (tertiary/aromatic N) is 1. The number of aromatic nitrogens is 1. The van der Waals surface area contributed by atoms with Gasteiger partial charge in [-0.05, 0) is 25.0 Å². The van der Waals surface area contributed by atoms with Crippen LogP contribution in [0.1, 0.15) is 22.5 Å². The fraction of sp³-hybridized carbons (Fsp3) is 0.357. The molecule has 1 aliphatic rings. The molecule has 130 valence electrons. The van der Waals surface area contributed by atoms with Crippen molar-refractivity contribution in [2.45, 2.75) is 24.4 Å². The van der Waals surface area contributed by atoms with E-state index in [0.29, 0.717) is 22.1 Å². The lowest BCUT2D eigenvalue weighted by atomic mass is 9.73. The van der Waals surface area contributed by atoms with Crippen molar-refractivity contribution < 1.29 is 14.3 Å². The van der Waals surface area contributed by atoms with Crippen molar-refractivity contribution in [3.8, 4) is 9.88 Å². The number of carbonyl (C=O) groups is 2. The second kappa shape index (κ2) is 7.37. The first-order chi connectivity index (χ1) is 10.9. The number of hydrogen-bond acceptors (Lipinski definition) is 7. The fourth-order valence-electron chi connectivity index (χ4n) is 2.47. The predicted octanol–water partition coefficient (Wildman–Crippen LogP) is 2.71. The van der Waals surface area contributed by atoms with Crippen LogP contribution in [0.5, 0.6) is 0 Å². The molecule has 1 fully saturated rings. The number of thiazole rings is 1. The molecule has 0 bridgehead atoms. The third kappa shape index (κ3) is 3.73. The van der Waals surface area contributed by atoms with E-state index in [9.17, 15) is 9.59 Å². The van der Waals surface area contributed by atoms with Gasteiger partial charge in [0.25, 0.3) is 5.91 Å². The third-order valence-electron chi connectivity index (χ3n) is 3.66. The van der Waals surface area contributed by atoms with Crippen LogP contribution >= 0.6 is 46.7 Å². The smallest absolute Gasteiger partial charge is 0.325 e. The number of nitrogens with one attached hydrogen (secondary N) is 1. The minimum atomic E-state index is -0.987. The number of methoxy groups -OCH3 is 1. The van der Waals surface area contributed by atoms with Crippen LogP contribution in [0, 0.1) is 0 Å². The summed E-state index contributed by atoms with van der Waals surface area (Å²) in [4.78, 5) is 29.4. The molecule has 0 atom stereocenters. The summed E-state index contributed by atoms with van der Waals surface area (Å²) in [7, 11) is 1.30. The topological polar surface area (TPSA) is 94.3 Å². The Bertz CT molecular complexity index is 756. The number of halogens is 2. The van der Waals surface area contributed by atoms with Crippen molar-refractivity contribution in [3.63, 3.8) is 0 Å². The zero-order valence-electron chi connectivity index (χ0n) is 12.6. The Kier molecular flexibility index (Phi) is 5.87. The van der Waals surface area contributed by atoms with Gasteiger partial charge >= 0.3 is 5.97 Å². The maximum absolute atomic E-state index is 12.2. The maximum Gasteiger partial charge on any atom is 0.325 e. The van der Waals surface area contributed by atoms with Gasteiger partial charge in [-0.1, -0.05) is 11.6 Å². The van der Waals surface area contributed by atoms with E-state index in [-0.39, 0.29) is 24.4 Å². The first kappa shape index (κ1) is 19.1. The van der Waals surface area contributed by atoms with Crippen LogP contribution < -0.4 is 11.1 Å². The average Bonchev–Trinajstić information content (AvgIpc) is 3.13. The zero-order valence-corrected chi connectivity index (χ0v) is 15.8. The van der Waals surface area contributed by atoms with E-state index >= 15 is 0 Å². The van der Waals surface area contributed by atoms with E-state index in [1.165, 1.54) is 36.0 Å². The maximum atomic E-state index is 12.2. The van der Waals surface area contributed by atoms with E-state index in [0.717, 1.165) is 9.88 Å². The summed E-state index contributed by atoms with van der Waals surface area (Å²) >= 11 is 8.62. The van der Waals surface area contributed by atoms with Gasteiger partial charge < -0.3 is 15.8 Å². The summed E-state index contributed by atoms with van der Waals surface area (Å²) in [5, 5.41) is 3.61. The molecule has 2 aromatic heterocycles. The van der Waals surface area contributed by atoms with Gasteiger partial charge in [-0.25, -0.2) is 4.98 Å². The number of carbonyl (C=O) groups excluding carboxylic acids is 2. The zero-order chi connectivity index (χ0) is 16.6. The standard InChI is InChI=1S/C14H14ClN3O3S2.ClH/c1-21-13(20)14(16)4-7(5-14)18-11(19)9-6-17-12(23-9)8-2-3-10(15)22-8;/h2-3,6-7H,4-5,16H2,1H3,(H,18,19);1H. The predicted molar refractivity (Wildman–Crippen MR) is 97.1 cm³/mol. The van der Waals surface area contributed by atoms with E-state index < -0.39 is 11.5 Å². The van der Waals surface area contributed by atoms with Crippen molar-refractivity contribution in [2.24, 2.45) is 5.73 Å². The molecule has 2 aromatic rings. The van der Waals surface area contributed by atoms with Crippen LogP contribution in [0.4, 0.5) is 0 Å². The monoisotopic (exact) mass is 407 g/mol. The Morgan fingerprint density at radius 1 is 1.42 bits per heavy atom. The lowest BCUT2D eigenvalue weighted by Crippen LogP contribution is -2.64. The lowest BCUT2D eigenvalue weighted by Gasteiger charge is -2.42. The largest absolute Gasteiger partial charge is 0.468 e. The van der Waals surface area contributed by atoms with Gasteiger partial charge in [0.05, 0.1) is 22.5 Å². The molecule has 0 aliphatic heterocycles. The van der Waals surface area contributed by atoms with Gasteiger partial charge in [0.15, 0.2) is 0 Å². The quantitative estimate of drug-likeness (QED) is 0.759. The second-order valence-corrected chi connectivity index (χ2v) is 8.11. The lowest BCUT2D eigenvalue weighted by molar-refractivity contribution is -0.151. The van der Waals surface area contributed by atoms with Gasteiger partial charge in [0.1, 0.15) is 15.4 Å². The minimum absolute atomic E-state index is 0. The number of thiophene rings is 1. The molecule has 0 aromatic carbocycles. The highest BCUT2D eigenvalue weighted by molar-refractivity contribution is 7.24. The van der Waals surface area contributed by atoms with Crippen LogP contribution in [-0.2, 0) is 9.53 Å². The number of hydrogen-bond donors (Lipinski definition) is 2. The number of esters is 1. The Morgan fingerprint density at radius 3 is 2.71 bits per heavy atom. The molecule has 0 unspecified atom stereocenters. The molecular formula is C14H15Cl2N3O3S2. The Labute approximate surface area is 157 Å². The highest BCUT2D eigenvalue weighted by Crippen LogP contribution is 2.34. The van der Waals surface area contributed by atoms with Crippen molar-refractivity contribution in [1.29, 1.82) is 0 Å². The normalized spacial score (nSPS) is 22.2. The average molecular weight is 408 g/mol. The molecule has 0 spiro atoms. The van der Waals surface area contributed by atoms with Crippen molar-refractivity contribution in [2.75, 3.05) is 7.11 Å². The molecule has 1 aliphatic carbocycles. The van der Waals surface area contributed by atoms with Crippen LogP contribution in [-0.4, -0.2) is 35.6 Å². The highest BCUT2D eigenvalue weighted by Gasteiger charge is 2.48. The second-order valence-electron chi connectivity index (χ2n) is 5.36. The van der Waals surface area contributed by atoms with E-state index in [1.54, 1.807) is 6.07 Å². The van der Waals surface area contributed by atoms with Crippen LogP contribution in [0.2, 0.25) is 4.34 Å². The third-order valence-corrected chi connectivity index (χ3v) is 6.06.